The van der Waals surface area contributed by atoms with Crippen molar-refractivity contribution >= 4 is 11.6 Å². The molecule has 1 aromatic heterocycles. The monoisotopic (exact) mass is 243 g/mol. The lowest BCUT2D eigenvalue weighted by Crippen LogP contribution is -2.16. The molecule has 0 radical (unpaired) electrons. The lowest BCUT2D eigenvalue weighted by atomic mass is 10.0. The molecule has 0 aliphatic rings. The summed E-state index contributed by atoms with van der Waals surface area (Å²) in [6, 6.07) is 9.68. The van der Waals surface area contributed by atoms with E-state index in [9.17, 15) is 4.79 Å². The third kappa shape index (κ3) is 2.97. The van der Waals surface area contributed by atoms with Gasteiger partial charge in [-0.25, -0.2) is 0 Å². The molecule has 0 unspecified atom stereocenters. The summed E-state index contributed by atoms with van der Waals surface area (Å²) in [5.74, 6) is 0.348. The summed E-state index contributed by atoms with van der Waals surface area (Å²) >= 11 is 0. The molecule has 0 fully saturated rings. The smallest absolute Gasteiger partial charge is 0.230 e. The Labute approximate surface area is 106 Å². The Balaban J connectivity index is 2.07. The van der Waals surface area contributed by atoms with Crippen LogP contribution in [0, 0.1) is 0 Å². The maximum atomic E-state index is 11.9. The summed E-state index contributed by atoms with van der Waals surface area (Å²) in [6.45, 7) is 4.22. The van der Waals surface area contributed by atoms with Crippen LogP contribution in [0.25, 0.3) is 0 Å². The van der Waals surface area contributed by atoms with Crippen LogP contribution >= 0.6 is 0 Å². The van der Waals surface area contributed by atoms with Gasteiger partial charge < -0.3 is 5.32 Å². The Morgan fingerprint density at radius 3 is 2.78 bits per heavy atom. The van der Waals surface area contributed by atoms with Gasteiger partial charge in [-0.1, -0.05) is 32.0 Å². The molecule has 0 atom stereocenters. The van der Waals surface area contributed by atoms with Crippen LogP contribution in [0.1, 0.15) is 31.0 Å². The van der Waals surface area contributed by atoms with Crippen LogP contribution < -0.4 is 5.32 Å². The lowest BCUT2D eigenvalue weighted by molar-refractivity contribution is -0.115. The Morgan fingerprint density at radius 2 is 2.11 bits per heavy atom. The van der Waals surface area contributed by atoms with Crippen molar-refractivity contribution in [1.82, 2.24) is 10.2 Å². The van der Waals surface area contributed by atoms with Crippen molar-refractivity contribution in [2.24, 2.45) is 0 Å². The highest BCUT2D eigenvalue weighted by atomic mass is 16.1. The third-order valence-electron chi connectivity index (χ3n) is 2.77. The van der Waals surface area contributed by atoms with Crippen LogP contribution in [0.2, 0.25) is 0 Å². The molecule has 0 bridgehead atoms. The molecule has 4 heteroatoms. The zero-order valence-corrected chi connectivity index (χ0v) is 10.6. The largest absolute Gasteiger partial charge is 0.325 e. The number of benzene rings is 1. The van der Waals surface area contributed by atoms with E-state index >= 15 is 0 Å². The second kappa shape index (κ2) is 5.49. The highest BCUT2D eigenvalue weighted by Crippen LogP contribution is 2.23. The Bertz CT molecular complexity index is 518. The molecule has 0 spiro atoms. The van der Waals surface area contributed by atoms with Gasteiger partial charge in [0.15, 0.2) is 0 Å². The maximum Gasteiger partial charge on any atom is 0.230 e. The normalized spacial score (nSPS) is 10.6. The van der Waals surface area contributed by atoms with Crippen molar-refractivity contribution in [3.05, 3.63) is 47.8 Å². The lowest BCUT2D eigenvalue weighted by Gasteiger charge is -2.13. The van der Waals surface area contributed by atoms with Crippen molar-refractivity contribution in [3.8, 4) is 0 Å². The molecule has 0 saturated heterocycles. The number of nitrogens with zero attached hydrogens (tertiary/aromatic N) is 1. The number of rotatable bonds is 4. The minimum atomic E-state index is -0.0349. The molecule has 2 rings (SSSR count). The number of carbonyl (C=O) groups excluding carboxylic acids is 1. The number of anilines is 1. The molecule has 18 heavy (non-hydrogen) atoms. The minimum Gasteiger partial charge on any atom is -0.325 e. The van der Waals surface area contributed by atoms with Gasteiger partial charge in [0.2, 0.25) is 5.91 Å². The molecule has 1 aromatic carbocycles. The molecule has 0 saturated carbocycles. The fraction of sp³-hybridized carbons (Fsp3) is 0.286. The number of hydrogen-bond acceptors (Lipinski definition) is 2. The van der Waals surface area contributed by atoms with Gasteiger partial charge in [-0.05, 0) is 23.6 Å². The molecular formula is C14H17N3O. The zero-order chi connectivity index (χ0) is 13.0. The fourth-order valence-corrected chi connectivity index (χ4v) is 1.86. The quantitative estimate of drug-likeness (QED) is 0.867. The number of H-pyrrole nitrogens is 1. The van der Waals surface area contributed by atoms with Gasteiger partial charge in [0.05, 0.1) is 6.42 Å². The molecule has 0 aliphatic heterocycles. The molecule has 1 amide bonds. The number of nitrogens with one attached hydrogen (secondary N) is 2. The van der Waals surface area contributed by atoms with E-state index in [1.165, 1.54) is 0 Å². The number of hydrogen-bond donors (Lipinski definition) is 2. The number of amides is 1. The van der Waals surface area contributed by atoms with E-state index in [0.29, 0.717) is 12.3 Å². The number of aromatic nitrogens is 2. The summed E-state index contributed by atoms with van der Waals surface area (Å²) in [6.07, 6.45) is 1.96. The average Bonchev–Trinajstić information content (AvgIpc) is 2.82. The van der Waals surface area contributed by atoms with E-state index in [-0.39, 0.29) is 5.91 Å². The molecule has 2 aromatic rings. The van der Waals surface area contributed by atoms with E-state index in [0.717, 1.165) is 16.9 Å². The molecule has 0 aliphatic carbocycles. The van der Waals surface area contributed by atoms with Gasteiger partial charge in [0, 0.05) is 17.6 Å². The van der Waals surface area contributed by atoms with E-state index in [4.69, 9.17) is 0 Å². The van der Waals surface area contributed by atoms with E-state index in [2.05, 4.69) is 29.4 Å². The van der Waals surface area contributed by atoms with Crippen molar-refractivity contribution in [2.45, 2.75) is 26.2 Å². The molecule has 4 nitrogen and oxygen atoms in total. The topological polar surface area (TPSA) is 57.8 Å². The Kier molecular flexibility index (Phi) is 3.77. The van der Waals surface area contributed by atoms with Gasteiger partial charge in [-0.3, -0.25) is 9.89 Å². The Morgan fingerprint density at radius 1 is 1.33 bits per heavy atom. The molecule has 94 valence electrons. The predicted molar refractivity (Wildman–Crippen MR) is 71.5 cm³/mol. The minimum absolute atomic E-state index is 0.0349. The van der Waals surface area contributed by atoms with Crippen LogP contribution in [0.15, 0.2) is 36.5 Å². The highest BCUT2D eigenvalue weighted by Gasteiger charge is 2.09. The van der Waals surface area contributed by atoms with E-state index in [1.807, 2.05) is 24.3 Å². The van der Waals surface area contributed by atoms with Crippen molar-refractivity contribution in [2.75, 3.05) is 5.32 Å². The molecule has 1 heterocycles. The summed E-state index contributed by atoms with van der Waals surface area (Å²) in [7, 11) is 0. The predicted octanol–water partition coefficient (Wildman–Crippen LogP) is 2.71. The van der Waals surface area contributed by atoms with Crippen molar-refractivity contribution in [3.63, 3.8) is 0 Å². The van der Waals surface area contributed by atoms with E-state index in [1.54, 1.807) is 12.3 Å². The summed E-state index contributed by atoms with van der Waals surface area (Å²) in [5, 5.41) is 9.55. The first-order valence-corrected chi connectivity index (χ1v) is 6.04. The number of carbonyl (C=O) groups is 1. The SMILES string of the molecule is CC(C)c1ccccc1NC(=O)Cc1ccn[nH]1. The van der Waals surface area contributed by atoms with Gasteiger partial charge in [0.1, 0.15) is 0 Å². The van der Waals surface area contributed by atoms with Crippen molar-refractivity contribution in [1.29, 1.82) is 0 Å². The average molecular weight is 243 g/mol. The Hall–Kier alpha value is -2.10. The van der Waals surface area contributed by atoms with Crippen LogP contribution in [-0.4, -0.2) is 16.1 Å². The number of para-hydroxylation sites is 1. The molecule has 2 N–H and O–H groups in total. The third-order valence-corrected chi connectivity index (χ3v) is 2.77. The second-order valence-electron chi connectivity index (χ2n) is 4.55. The molecular weight excluding hydrogens is 226 g/mol. The van der Waals surface area contributed by atoms with Gasteiger partial charge in [0.25, 0.3) is 0 Å². The van der Waals surface area contributed by atoms with Crippen molar-refractivity contribution < 1.29 is 4.79 Å². The van der Waals surface area contributed by atoms with Crippen LogP contribution in [0.5, 0.6) is 0 Å². The maximum absolute atomic E-state index is 11.9. The van der Waals surface area contributed by atoms with Gasteiger partial charge in [-0.15, -0.1) is 0 Å². The standard InChI is InChI=1S/C14H17N3O/c1-10(2)12-5-3-4-6-13(12)16-14(18)9-11-7-8-15-17-11/h3-8,10H,9H2,1-2H3,(H,15,17)(H,16,18). The first-order valence-electron chi connectivity index (χ1n) is 6.04. The number of aromatic amines is 1. The van der Waals surface area contributed by atoms with Crippen LogP contribution in [-0.2, 0) is 11.2 Å². The zero-order valence-electron chi connectivity index (χ0n) is 10.6. The summed E-state index contributed by atoms with van der Waals surface area (Å²) in [4.78, 5) is 11.9. The summed E-state index contributed by atoms with van der Waals surface area (Å²) in [5.41, 5.74) is 2.85. The van der Waals surface area contributed by atoms with Crippen LogP contribution in [0.4, 0.5) is 5.69 Å². The fourth-order valence-electron chi connectivity index (χ4n) is 1.86. The van der Waals surface area contributed by atoms with Gasteiger partial charge >= 0.3 is 0 Å². The van der Waals surface area contributed by atoms with E-state index < -0.39 is 0 Å². The second-order valence-corrected chi connectivity index (χ2v) is 4.55. The highest BCUT2D eigenvalue weighted by molar-refractivity contribution is 5.92. The first kappa shape index (κ1) is 12.4. The first-order chi connectivity index (χ1) is 8.66. The van der Waals surface area contributed by atoms with Crippen LogP contribution in [0.3, 0.4) is 0 Å². The van der Waals surface area contributed by atoms with Gasteiger partial charge in [-0.2, -0.15) is 5.10 Å². The summed E-state index contributed by atoms with van der Waals surface area (Å²) < 4.78 is 0.